The number of anilines is 4. The molecule has 21 nitrogen and oxygen atoms in total. The zero-order valence-corrected chi connectivity index (χ0v) is 69.9. The number of nitrogens with zero attached hydrogens (tertiary/aromatic N) is 8. The van der Waals surface area contributed by atoms with E-state index in [-0.39, 0.29) is 48.0 Å². The Hall–Kier alpha value is -10.4. The topological polar surface area (TPSA) is 272 Å². The molecule has 0 unspecified atom stereocenters. The Morgan fingerprint density at radius 1 is 0.466 bits per heavy atom. The van der Waals surface area contributed by atoms with Gasteiger partial charge in [0.15, 0.2) is 11.6 Å². The summed E-state index contributed by atoms with van der Waals surface area (Å²) < 4.78 is 18.8. The lowest BCUT2D eigenvalue weighted by Gasteiger charge is -2.30. The van der Waals surface area contributed by atoms with Crippen LogP contribution in [-0.2, 0) is 27.2 Å². The minimum absolute atomic E-state index is 0.0955. The molecule has 0 bridgehead atoms. The number of fused-ring (bicyclic) bond motifs is 3. The average molecular weight is 1710 g/mol. The molecule has 3 saturated carbocycles. The van der Waals surface area contributed by atoms with Crippen molar-refractivity contribution >= 4 is 135 Å². The molecule has 3 aliphatic rings. The molecule has 602 valence electrons. The molecule has 0 spiro atoms. The van der Waals surface area contributed by atoms with Crippen molar-refractivity contribution in [1.29, 1.82) is 0 Å². The molecule has 26 heteroatoms. The number of aromatic nitrogens is 9. The molecule has 3 fully saturated rings. The zero-order chi connectivity index (χ0) is 81.3. The number of likely N-dealkylation sites (N-methyl/N-ethyl adjacent to an activating group) is 2. The number of para-hydroxylation sites is 3. The fourth-order valence-corrected chi connectivity index (χ4v) is 15.2. The first-order valence-electron chi connectivity index (χ1n) is 39.0. The van der Waals surface area contributed by atoms with Crippen LogP contribution in [0.3, 0.4) is 0 Å². The molecule has 6 aromatic carbocycles. The van der Waals surface area contributed by atoms with Crippen molar-refractivity contribution in [3.8, 4) is 51.0 Å². The van der Waals surface area contributed by atoms with Crippen LogP contribution >= 0.6 is 62.3 Å². The number of alkyl halides is 1. The highest BCUT2D eigenvalue weighted by Crippen LogP contribution is 2.38. The third-order valence-corrected chi connectivity index (χ3v) is 21.3. The van der Waals surface area contributed by atoms with Gasteiger partial charge in [-0.15, -0.1) is 0 Å². The molecular weight excluding hydrogens is 1610 g/mol. The lowest BCUT2D eigenvalue weighted by molar-refractivity contribution is -0.114. The van der Waals surface area contributed by atoms with Gasteiger partial charge in [0, 0.05) is 142 Å². The number of nitrogen functional groups attached to an aromatic ring is 1. The Kier molecular flexibility index (Phi) is 31.1. The van der Waals surface area contributed by atoms with Gasteiger partial charge in [0.25, 0.3) is 0 Å². The van der Waals surface area contributed by atoms with Crippen LogP contribution in [0.2, 0.25) is 15.1 Å². The Bertz CT molecular complexity index is 5110. The van der Waals surface area contributed by atoms with Crippen LogP contribution < -0.4 is 35.9 Å². The van der Waals surface area contributed by atoms with Crippen LogP contribution in [0.1, 0.15) is 88.2 Å². The number of nitrogens with one attached hydrogen (secondary N) is 6. The monoisotopic (exact) mass is 1700 g/mol. The number of carbonyl (C=O) groups is 3. The van der Waals surface area contributed by atoms with Gasteiger partial charge >= 0.3 is 0 Å². The van der Waals surface area contributed by atoms with Gasteiger partial charge in [-0.25, -0.2) is 29.9 Å². The molecule has 0 amide bonds. The third-order valence-electron chi connectivity index (χ3n) is 19.9. The quantitative estimate of drug-likeness (QED) is 0.0109. The molecular formula is C90H96BrCl4N15O6. The average Bonchev–Trinajstić information content (AvgIpc) is 1.63. The minimum Gasteiger partial charge on any atom is -0.490 e. The number of hydrogen-bond acceptors (Lipinski definition) is 18. The summed E-state index contributed by atoms with van der Waals surface area (Å²) in [5.41, 5.74) is 16.6. The Morgan fingerprint density at radius 2 is 0.793 bits per heavy atom. The van der Waals surface area contributed by atoms with E-state index in [0.29, 0.717) is 62.5 Å². The largest absolute Gasteiger partial charge is 0.490 e. The molecule has 6 atom stereocenters. The molecule has 0 saturated heterocycles. The zero-order valence-electron chi connectivity index (χ0n) is 65.3. The Morgan fingerprint density at radius 3 is 1.10 bits per heavy atom. The first-order valence-corrected chi connectivity index (χ1v) is 41.6. The summed E-state index contributed by atoms with van der Waals surface area (Å²) in [5.74, 6) is 4.42. The van der Waals surface area contributed by atoms with E-state index < -0.39 is 5.24 Å². The number of ketones is 2. The lowest BCUT2D eigenvalue weighted by atomic mass is 9.93. The van der Waals surface area contributed by atoms with Gasteiger partial charge in [-0.2, -0.15) is 0 Å². The van der Waals surface area contributed by atoms with Gasteiger partial charge in [-0.05, 0) is 194 Å². The molecule has 0 aliphatic heterocycles. The third kappa shape index (κ3) is 25.0. The van der Waals surface area contributed by atoms with Crippen LogP contribution in [-0.4, -0.2) is 155 Å². The van der Waals surface area contributed by atoms with Gasteiger partial charge in [-0.3, -0.25) is 14.4 Å². The molecule has 6 heterocycles. The van der Waals surface area contributed by atoms with Crippen LogP contribution in [0, 0.1) is 0 Å². The van der Waals surface area contributed by atoms with Gasteiger partial charge in [0.1, 0.15) is 35.6 Å². The molecule has 12 aromatic rings. The van der Waals surface area contributed by atoms with Crippen molar-refractivity contribution < 1.29 is 28.6 Å². The van der Waals surface area contributed by atoms with Crippen LogP contribution in [0.4, 0.5) is 23.5 Å². The summed E-state index contributed by atoms with van der Waals surface area (Å²) in [7, 11) is 7.91. The smallest absolute Gasteiger partial charge is 0.244 e. The van der Waals surface area contributed by atoms with Crippen molar-refractivity contribution in [2.24, 2.45) is 0 Å². The predicted molar refractivity (Wildman–Crippen MR) is 474 cm³/mol. The number of aromatic amines is 3. The summed E-state index contributed by atoms with van der Waals surface area (Å²) in [4.78, 5) is 75.8. The van der Waals surface area contributed by atoms with E-state index in [9.17, 15) is 14.4 Å². The highest BCUT2D eigenvalue weighted by Gasteiger charge is 2.29. The molecule has 0 radical (unpaired) electrons. The summed E-state index contributed by atoms with van der Waals surface area (Å²) in [6, 6.07) is 48.2. The first kappa shape index (κ1) is 85.0. The van der Waals surface area contributed by atoms with E-state index in [1.54, 1.807) is 36.8 Å². The number of allylic oxidation sites excluding steroid dienone is 4. The number of rotatable bonds is 27. The maximum absolute atomic E-state index is 12.2. The maximum Gasteiger partial charge on any atom is 0.244 e. The predicted octanol–water partition coefficient (Wildman–Crippen LogP) is 20.0. The highest BCUT2D eigenvalue weighted by molar-refractivity contribution is 9.09. The SMILES string of the molecule is CN(C)C/C=C/C(=O)Cc1ccc(O[C@@H]2CCC[C@@H](Nc3ncc(Cl)c(-c4c[nH]c5ccccc45)n3)C2)cc1.CN(C)C/C=C/C(=O)Cc1ccc(O[C@@H]2CCC[C@@H](Nc3ncc(Cl)c(-c4c[nH]c5ccccc45)n3)C2)cc1.Nc1ccc(O[C@@H]2CCC[C@@H](Nc3ncc(Cl)c(-c4c[nH]c5ccccc45)n3)C2)cc1.O=C(Cl)/C=C/CBr. The number of carbonyl (C=O) groups excluding carboxylic acids is 3. The molecule has 6 aromatic heterocycles. The molecule has 15 rings (SSSR count). The first-order chi connectivity index (χ1) is 56.3. The second-order valence-corrected chi connectivity index (χ2v) is 31.7. The number of nitrogens with two attached hydrogens (primary N) is 1. The van der Waals surface area contributed by atoms with Crippen LogP contribution in [0.5, 0.6) is 17.2 Å². The number of H-pyrrole nitrogens is 3. The summed E-state index contributed by atoms with van der Waals surface area (Å²) in [6.07, 6.45) is 33.9. The van der Waals surface area contributed by atoms with Crippen molar-refractivity contribution in [1.82, 2.24) is 54.7 Å². The van der Waals surface area contributed by atoms with E-state index in [1.807, 2.05) is 196 Å². The van der Waals surface area contributed by atoms with Crippen molar-refractivity contribution in [2.45, 2.75) is 126 Å². The van der Waals surface area contributed by atoms with Crippen molar-refractivity contribution in [3.05, 3.63) is 245 Å². The fourth-order valence-electron chi connectivity index (χ4n) is 14.3. The second kappa shape index (κ2) is 42.4. The lowest BCUT2D eigenvalue weighted by Crippen LogP contribution is -2.33. The number of halogens is 5. The van der Waals surface area contributed by atoms with Gasteiger partial charge in [0.05, 0.1) is 50.7 Å². The van der Waals surface area contributed by atoms with E-state index in [4.69, 9.17) is 81.3 Å². The van der Waals surface area contributed by atoms with Crippen LogP contribution in [0.15, 0.2) is 219 Å². The maximum atomic E-state index is 12.2. The summed E-state index contributed by atoms with van der Waals surface area (Å²) in [5, 5.41) is 15.6. The Labute approximate surface area is 704 Å². The van der Waals surface area contributed by atoms with E-state index in [2.05, 4.69) is 80.0 Å². The number of hydrogen-bond donors (Lipinski definition) is 7. The normalized spacial score (nSPS) is 17.5. The van der Waals surface area contributed by atoms with Gasteiger partial charge < -0.3 is 60.6 Å². The number of benzene rings is 6. The molecule has 3 aliphatic carbocycles. The number of ether oxygens (including phenoxy) is 3. The Balaban J connectivity index is 0.000000155. The van der Waals surface area contributed by atoms with Crippen LogP contribution in [0.25, 0.3) is 66.5 Å². The second-order valence-electron chi connectivity index (χ2n) is 29.5. The summed E-state index contributed by atoms with van der Waals surface area (Å²) in [6.45, 7) is 1.51. The van der Waals surface area contributed by atoms with Crippen molar-refractivity contribution in [3.63, 3.8) is 0 Å². The fraction of sp³-hybridized carbons (Fsp3) is 0.300. The summed E-state index contributed by atoms with van der Waals surface area (Å²) >= 11 is 27.5. The van der Waals surface area contributed by atoms with E-state index >= 15 is 0 Å². The van der Waals surface area contributed by atoms with E-state index in [0.717, 1.165) is 179 Å². The molecule has 8 N–H and O–H groups in total. The van der Waals surface area contributed by atoms with Gasteiger partial charge in [0.2, 0.25) is 23.1 Å². The standard InChI is InChI=1S/2C31H34ClN5O2.C24H24ClN5O.C4H4BrClO/c2*1-37(2)16-6-8-23(38)17-21-12-14-24(15-13-21)39-25-9-5-7-22(18-25)35-31-34-20-28(32)30(36-31)27-19-33-29-11-4-3-10-26(27)29;25-21-14-28-24(30-23(21)20-13-27-22-7-2-1-6-19(20)22)29-16-4-3-5-18(12-16)31-17-10-8-15(26)9-11-17;5-3-1-2-4(6)7/h2*3-4,6,8,10-15,19-20,22,25,33H,5,7,9,16-18H2,1-2H3,(H,34,35,36);1-2,6-11,13-14,16,18,27H,3-5,12,26H2,(H,28,29,30);1-2H,3H2/b2*8-6+;;2-1+/t2*22-,25-;16-,18-;/m111./s1. The highest BCUT2D eigenvalue weighted by atomic mass is 79.9. The minimum atomic E-state index is -0.431. The van der Waals surface area contributed by atoms with Crippen molar-refractivity contribution in [2.75, 3.05) is 68.3 Å². The molecule has 116 heavy (non-hydrogen) atoms. The van der Waals surface area contributed by atoms with Gasteiger partial charge in [-0.1, -0.05) is 148 Å². The van der Waals surface area contributed by atoms with E-state index in [1.165, 1.54) is 6.08 Å².